The van der Waals surface area contributed by atoms with Gasteiger partial charge in [-0.3, -0.25) is 9.59 Å². The van der Waals surface area contributed by atoms with Crippen LogP contribution in [0.1, 0.15) is 15.9 Å². The van der Waals surface area contributed by atoms with Crippen LogP contribution in [-0.4, -0.2) is 18.8 Å². The Bertz CT molecular complexity index is 786. The fourth-order valence-electron chi connectivity index (χ4n) is 1.89. The van der Waals surface area contributed by atoms with Gasteiger partial charge in [0.2, 0.25) is 0 Å². The quantitative estimate of drug-likeness (QED) is 0.741. The van der Waals surface area contributed by atoms with E-state index < -0.39 is 24.3 Å². The molecule has 25 heavy (non-hydrogen) atoms. The smallest absolute Gasteiger partial charge is 0.416 e. The third kappa shape index (κ3) is 5.11. The Kier molecular flexibility index (Phi) is 5.92. The molecular formula is C16H10Cl2F3NO3. The molecule has 0 bridgehead atoms. The van der Waals surface area contributed by atoms with E-state index in [0.29, 0.717) is 6.29 Å². The van der Waals surface area contributed by atoms with Crippen LogP contribution < -0.4 is 10.1 Å². The summed E-state index contributed by atoms with van der Waals surface area (Å²) >= 11 is 11.8. The summed E-state index contributed by atoms with van der Waals surface area (Å²) in [5.74, 6) is -0.709. The number of ether oxygens (including phenoxy) is 1. The number of halogens is 5. The second-order valence-corrected chi connectivity index (χ2v) is 5.66. The molecule has 0 fully saturated rings. The average molecular weight is 392 g/mol. The van der Waals surface area contributed by atoms with Crippen LogP contribution in [0.15, 0.2) is 36.4 Å². The molecule has 9 heteroatoms. The molecule has 1 amide bonds. The predicted molar refractivity (Wildman–Crippen MR) is 87.4 cm³/mol. The van der Waals surface area contributed by atoms with Gasteiger partial charge in [0.15, 0.2) is 12.4 Å². The maximum absolute atomic E-state index is 12.6. The van der Waals surface area contributed by atoms with E-state index in [2.05, 4.69) is 5.32 Å². The molecule has 0 aromatic heterocycles. The van der Waals surface area contributed by atoms with Gasteiger partial charge in [0, 0.05) is 11.3 Å². The number of alkyl halides is 3. The van der Waals surface area contributed by atoms with Crippen molar-refractivity contribution in [1.82, 2.24) is 0 Å². The van der Waals surface area contributed by atoms with E-state index >= 15 is 0 Å². The van der Waals surface area contributed by atoms with Gasteiger partial charge in [-0.05, 0) is 30.3 Å². The van der Waals surface area contributed by atoms with Crippen molar-refractivity contribution in [3.05, 3.63) is 57.6 Å². The van der Waals surface area contributed by atoms with E-state index in [4.69, 9.17) is 27.9 Å². The summed E-state index contributed by atoms with van der Waals surface area (Å²) in [6, 6.07) is 6.79. The lowest BCUT2D eigenvalue weighted by molar-refractivity contribution is -0.137. The summed E-state index contributed by atoms with van der Waals surface area (Å²) in [5, 5.41) is 2.34. The Balaban J connectivity index is 2.04. The van der Waals surface area contributed by atoms with Gasteiger partial charge in [-0.1, -0.05) is 29.3 Å². The van der Waals surface area contributed by atoms with Crippen LogP contribution in [0.5, 0.6) is 5.75 Å². The average Bonchev–Trinajstić information content (AvgIpc) is 2.53. The Morgan fingerprint density at radius 2 is 1.80 bits per heavy atom. The first-order chi connectivity index (χ1) is 11.7. The summed E-state index contributed by atoms with van der Waals surface area (Å²) in [4.78, 5) is 22.5. The number of carbonyl (C=O) groups excluding carboxylic acids is 2. The van der Waals surface area contributed by atoms with E-state index in [9.17, 15) is 22.8 Å². The first kappa shape index (κ1) is 19.1. The normalized spacial score (nSPS) is 11.1. The minimum absolute atomic E-state index is 0.00637. The van der Waals surface area contributed by atoms with Crippen molar-refractivity contribution in [3.8, 4) is 5.75 Å². The molecule has 0 aliphatic heterocycles. The SMILES string of the molecule is O=Cc1cc(Cl)c(OCC(=O)Nc2cccc(C(F)(F)F)c2)c(Cl)c1. The van der Waals surface area contributed by atoms with E-state index in [-0.39, 0.29) is 27.0 Å². The molecule has 0 unspecified atom stereocenters. The second kappa shape index (κ2) is 7.76. The topological polar surface area (TPSA) is 55.4 Å². The molecule has 2 aromatic rings. The third-order valence-corrected chi connectivity index (χ3v) is 3.54. The van der Waals surface area contributed by atoms with Crippen molar-refractivity contribution in [2.45, 2.75) is 6.18 Å². The minimum atomic E-state index is -4.52. The largest absolute Gasteiger partial charge is 0.481 e. The standard InChI is InChI=1S/C16H10Cl2F3NO3/c17-12-4-9(7-23)5-13(18)15(12)25-8-14(24)22-11-3-1-2-10(6-11)16(19,20)21/h1-7H,8H2,(H,22,24). The zero-order valence-corrected chi connectivity index (χ0v) is 13.9. The summed E-state index contributed by atoms with van der Waals surface area (Å²) in [7, 11) is 0. The molecule has 2 rings (SSSR count). The molecule has 0 saturated heterocycles. The molecule has 1 N–H and O–H groups in total. The van der Waals surface area contributed by atoms with Gasteiger partial charge in [-0.25, -0.2) is 0 Å². The highest BCUT2D eigenvalue weighted by atomic mass is 35.5. The molecule has 132 valence electrons. The summed E-state index contributed by atoms with van der Waals surface area (Å²) in [6.45, 7) is -0.532. The number of anilines is 1. The molecule has 0 saturated carbocycles. The first-order valence-corrected chi connectivity index (χ1v) is 7.50. The molecular weight excluding hydrogens is 382 g/mol. The summed E-state index contributed by atoms with van der Waals surface area (Å²) in [5.41, 5.74) is -0.686. The van der Waals surface area contributed by atoms with Crippen molar-refractivity contribution in [3.63, 3.8) is 0 Å². The van der Waals surface area contributed by atoms with Gasteiger partial charge < -0.3 is 10.1 Å². The van der Waals surface area contributed by atoms with Crippen molar-refractivity contribution in [2.75, 3.05) is 11.9 Å². The zero-order valence-electron chi connectivity index (χ0n) is 12.4. The van der Waals surface area contributed by atoms with Crippen molar-refractivity contribution in [1.29, 1.82) is 0 Å². The van der Waals surface area contributed by atoms with Gasteiger partial charge in [-0.15, -0.1) is 0 Å². The summed E-state index contributed by atoms with van der Waals surface area (Å²) < 4.78 is 43.1. The number of hydrogen-bond donors (Lipinski definition) is 1. The fraction of sp³-hybridized carbons (Fsp3) is 0.125. The van der Waals surface area contributed by atoms with Crippen LogP contribution in [0.4, 0.5) is 18.9 Å². The molecule has 0 aliphatic rings. The third-order valence-electron chi connectivity index (χ3n) is 2.98. The van der Waals surface area contributed by atoms with Gasteiger partial charge >= 0.3 is 6.18 Å². The van der Waals surface area contributed by atoms with Gasteiger partial charge in [0.1, 0.15) is 6.29 Å². The Labute approximate surface area is 150 Å². The van der Waals surface area contributed by atoms with Crippen LogP contribution in [-0.2, 0) is 11.0 Å². The van der Waals surface area contributed by atoms with E-state index in [1.54, 1.807) is 0 Å². The molecule has 2 aromatic carbocycles. The monoisotopic (exact) mass is 391 g/mol. The van der Waals surface area contributed by atoms with Crippen LogP contribution in [0.25, 0.3) is 0 Å². The van der Waals surface area contributed by atoms with Gasteiger partial charge in [0.25, 0.3) is 5.91 Å². The Morgan fingerprint density at radius 1 is 1.16 bits per heavy atom. The van der Waals surface area contributed by atoms with E-state index in [0.717, 1.165) is 12.1 Å². The number of carbonyl (C=O) groups is 2. The maximum atomic E-state index is 12.6. The lowest BCUT2D eigenvalue weighted by Gasteiger charge is -2.12. The first-order valence-electron chi connectivity index (χ1n) is 6.75. The van der Waals surface area contributed by atoms with Crippen molar-refractivity contribution in [2.24, 2.45) is 0 Å². The number of nitrogens with one attached hydrogen (secondary N) is 1. The lowest BCUT2D eigenvalue weighted by Crippen LogP contribution is -2.20. The van der Waals surface area contributed by atoms with Crippen molar-refractivity contribution < 1.29 is 27.5 Å². The van der Waals surface area contributed by atoms with Crippen LogP contribution in [0, 0.1) is 0 Å². The molecule has 0 spiro atoms. The van der Waals surface area contributed by atoms with Gasteiger partial charge in [0.05, 0.1) is 15.6 Å². The lowest BCUT2D eigenvalue weighted by atomic mass is 10.2. The highest BCUT2D eigenvalue weighted by Crippen LogP contribution is 2.34. The molecule has 4 nitrogen and oxygen atoms in total. The molecule has 0 radical (unpaired) electrons. The minimum Gasteiger partial charge on any atom is -0.481 e. The highest BCUT2D eigenvalue weighted by Gasteiger charge is 2.30. The fourth-order valence-corrected chi connectivity index (χ4v) is 2.51. The number of aldehydes is 1. The molecule has 0 heterocycles. The molecule has 0 aliphatic carbocycles. The van der Waals surface area contributed by atoms with E-state index in [1.165, 1.54) is 24.3 Å². The zero-order chi connectivity index (χ0) is 18.6. The van der Waals surface area contributed by atoms with Crippen LogP contribution >= 0.6 is 23.2 Å². The summed E-state index contributed by atoms with van der Waals surface area (Å²) in [6.07, 6.45) is -3.97. The Morgan fingerprint density at radius 3 is 2.36 bits per heavy atom. The number of benzene rings is 2. The van der Waals surface area contributed by atoms with Crippen molar-refractivity contribution >= 4 is 41.1 Å². The number of rotatable bonds is 5. The Hall–Kier alpha value is -2.25. The van der Waals surface area contributed by atoms with Gasteiger partial charge in [-0.2, -0.15) is 13.2 Å². The highest BCUT2D eigenvalue weighted by molar-refractivity contribution is 6.37. The predicted octanol–water partition coefficient (Wildman–Crippen LogP) is 4.84. The number of amides is 1. The molecule has 0 atom stereocenters. The maximum Gasteiger partial charge on any atom is 0.416 e. The van der Waals surface area contributed by atoms with Crippen LogP contribution in [0.2, 0.25) is 10.0 Å². The van der Waals surface area contributed by atoms with Crippen LogP contribution in [0.3, 0.4) is 0 Å². The second-order valence-electron chi connectivity index (χ2n) is 4.85. The number of hydrogen-bond acceptors (Lipinski definition) is 3. The van der Waals surface area contributed by atoms with E-state index in [1.807, 2.05) is 0 Å².